The van der Waals surface area contributed by atoms with Crippen LogP contribution in [0.25, 0.3) is 0 Å². The Bertz CT molecular complexity index is 217. The Morgan fingerprint density at radius 2 is 2.50 bits per heavy atom. The van der Waals surface area contributed by atoms with Crippen LogP contribution in [0, 0.1) is 11.2 Å². The fourth-order valence-corrected chi connectivity index (χ4v) is 1.94. The first-order chi connectivity index (χ1) is 5.79. The van der Waals surface area contributed by atoms with E-state index in [2.05, 4.69) is 25.9 Å². The first-order valence-corrected chi connectivity index (χ1v) is 4.90. The third-order valence-corrected chi connectivity index (χ3v) is 2.84. The van der Waals surface area contributed by atoms with Gasteiger partial charge in [-0.3, -0.25) is 0 Å². The summed E-state index contributed by atoms with van der Waals surface area (Å²) >= 11 is 0. The molecule has 1 aliphatic heterocycles. The maximum Gasteiger partial charge on any atom is 0.316 e. The van der Waals surface area contributed by atoms with E-state index in [9.17, 15) is 0 Å². The van der Waals surface area contributed by atoms with Gasteiger partial charge in [-0.2, -0.15) is 5.47 Å². The van der Waals surface area contributed by atoms with Gasteiger partial charge in [-0.25, -0.2) is 5.26 Å². The van der Waals surface area contributed by atoms with E-state index >= 15 is 0 Å². The maximum absolute atomic E-state index is 8.93. The topological polar surface area (TPSA) is 28.2 Å². The van der Waals surface area contributed by atoms with Crippen molar-refractivity contribution in [3.05, 3.63) is 11.5 Å². The largest absolute Gasteiger partial charge is 0.510 e. The van der Waals surface area contributed by atoms with Gasteiger partial charge in [-0.1, -0.05) is 32.3 Å². The molecule has 1 aliphatic rings. The van der Waals surface area contributed by atoms with Crippen molar-refractivity contribution >= 4 is 6.85 Å². The average Bonchev–Trinajstić information content (AvgIpc) is 2.43. The second kappa shape index (κ2) is 4.32. The van der Waals surface area contributed by atoms with Crippen LogP contribution in [-0.4, -0.2) is 19.9 Å². The SMILES string of the molecule is CCCC[NH+]1CC=C(C)[BH-]1C#N. The van der Waals surface area contributed by atoms with E-state index in [1.54, 1.807) is 0 Å². The third kappa shape index (κ3) is 1.89. The molecule has 0 amide bonds. The molecule has 0 radical (unpaired) electrons. The molecule has 66 valence electrons. The van der Waals surface area contributed by atoms with Crippen LogP contribution in [0.3, 0.4) is 0 Å². The van der Waals surface area contributed by atoms with Gasteiger partial charge in [0.15, 0.2) is 0 Å². The molecule has 0 saturated heterocycles. The summed E-state index contributed by atoms with van der Waals surface area (Å²) in [7, 11) is 0. The zero-order valence-corrected chi connectivity index (χ0v) is 8.06. The van der Waals surface area contributed by atoms with Gasteiger partial charge in [0.2, 0.25) is 0 Å². The van der Waals surface area contributed by atoms with E-state index in [0.717, 1.165) is 6.54 Å². The van der Waals surface area contributed by atoms with Crippen LogP contribution < -0.4 is 4.81 Å². The Morgan fingerprint density at radius 3 is 3.08 bits per heavy atom. The summed E-state index contributed by atoms with van der Waals surface area (Å²) in [6, 6.07) is 0. The molecular formula is C9H17BN2. The monoisotopic (exact) mass is 164 g/mol. The molecule has 1 N–H and O–H groups in total. The molecule has 0 saturated carbocycles. The quantitative estimate of drug-likeness (QED) is 0.582. The van der Waals surface area contributed by atoms with Gasteiger partial charge in [0.25, 0.3) is 0 Å². The van der Waals surface area contributed by atoms with Crippen molar-refractivity contribution in [3.8, 4) is 5.97 Å². The fourth-order valence-electron chi connectivity index (χ4n) is 1.94. The Labute approximate surface area is 75.0 Å². The molecule has 0 aromatic carbocycles. The van der Waals surface area contributed by atoms with Crippen molar-refractivity contribution in [3.63, 3.8) is 0 Å². The van der Waals surface area contributed by atoms with E-state index in [1.165, 1.54) is 29.7 Å². The van der Waals surface area contributed by atoms with Crippen molar-refractivity contribution < 1.29 is 4.81 Å². The van der Waals surface area contributed by atoms with E-state index < -0.39 is 6.85 Å². The van der Waals surface area contributed by atoms with Gasteiger partial charge in [0.1, 0.15) is 0 Å². The predicted octanol–water partition coefficient (Wildman–Crippen LogP) is -0.0429. The lowest BCUT2D eigenvalue weighted by molar-refractivity contribution is -0.778. The third-order valence-electron chi connectivity index (χ3n) is 2.84. The second-order valence-electron chi connectivity index (χ2n) is 3.80. The van der Waals surface area contributed by atoms with E-state index in [4.69, 9.17) is 5.26 Å². The standard InChI is InChI=1S/C9H17BN2/c1-3-4-6-12-7-5-9(2)10(12)8-11/h5,10,12H,3-4,6-7H2,1-2H3. The minimum Gasteiger partial charge on any atom is -0.510 e. The van der Waals surface area contributed by atoms with Crippen LogP contribution in [0.2, 0.25) is 0 Å². The molecule has 2 nitrogen and oxygen atoms in total. The van der Waals surface area contributed by atoms with Crippen molar-refractivity contribution in [2.45, 2.75) is 26.7 Å². The predicted molar refractivity (Wildman–Crippen MR) is 52.1 cm³/mol. The summed E-state index contributed by atoms with van der Waals surface area (Å²) in [5, 5.41) is 8.93. The van der Waals surface area contributed by atoms with Gasteiger partial charge in [0.05, 0.1) is 6.54 Å². The van der Waals surface area contributed by atoms with Gasteiger partial charge in [-0.15, -0.1) is 0 Å². The fraction of sp³-hybridized carbons (Fsp3) is 0.667. The number of nitriles is 1. The maximum atomic E-state index is 8.93. The Morgan fingerprint density at radius 1 is 1.75 bits per heavy atom. The second-order valence-corrected chi connectivity index (χ2v) is 3.80. The number of nitrogens with zero attached hydrogens (tertiary/aromatic N) is 1. The molecule has 3 heteroatoms. The summed E-state index contributed by atoms with van der Waals surface area (Å²) in [6.07, 6.45) is 4.72. The first kappa shape index (κ1) is 9.34. The summed E-state index contributed by atoms with van der Waals surface area (Å²) < 4.78 is 0. The molecule has 2 unspecified atom stereocenters. The Balaban J connectivity index is 2.44. The molecule has 0 aromatic heterocycles. The number of hydrogen-bond acceptors (Lipinski definition) is 1. The Kier molecular flexibility index (Phi) is 3.37. The van der Waals surface area contributed by atoms with Gasteiger partial charge in [-0.05, 0) is 6.42 Å². The van der Waals surface area contributed by atoms with Gasteiger partial charge >= 0.3 is 6.85 Å². The lowest BCUT2D eigenvalue weighted by Gasteiger charge is -2.24. The van der Waals surface area contributed by atoms with Crippen LogP contribution in [0.4, 0.5) is 0 Å². The van der Waals surface area contributed by atoms with E-state index in [0.29, 0.717) is 0 Å². The molecule has 0 bridgehead atoms. The molecule has 0 spiro atoms. The summed E-state index contributed by atoms with van der Waals surface area (Å²) in [5.74, 6) is 2.45. The number of quaternary nitrogens is 1. The van der Waals surface area contributed by atoms with Crippen LogP contribution in [0.1, 0.15) is 26.7 Å². The molecule has 1 rings (SSSR count). The van der Waals surface area contributed by atoms with Gasteiger partial charge in [0, 0.05) is 6.54 Å². The highest BCUT2D eigenvalue weighted by Crippen LogP contribution is 1.97. The van der Waals surface area contributed by atoms with Crippen molar-refractivity contribution in [2.24, 2.45) is 0 Å². The highest BCUT2D eigenvalue weighted by atomic mass is 15.1. The average molecular weight is 164 g/mol. The van der Waals surface area contributed by atoms with Crippen LogP contribution >= 0.6 is 0 Å². The molecule has 1 heterocycles. The lowest BCUT2D eigenvalue weighted by Crippen LogP contribution is -3.16. The molecule has 2 atom stereocenters. The van der Waals surface area contributed by atoms with Crippen LogP contribution in [0.15, 0.2) is 11.5 Å². The van der Waals surface area contributed by atoms with Crippen LogP contribution in [0.5, 0.6) is 0 Å². The van der Waals surface area contributed by atoms with E-state index in [1.807, 2.05) is 0 Å². The highest BCUT2D eigenvalue weighted by Gasteiger charge is 2.22. The Hall–Kier alpha value is -0.745. The molecule has 0 aliphatic carbocycles. The van der Waals surface area contributed by atoms with Crippen molar-refractivity contribution in [2.75, 3.05) is 13.1 Å². The normalized spacial score (nSPS) is 28.2. The molecule has 12 heavy (non-hydrogen) atoms. The number of nitrogens with one attached hydrogen (secondary N) is 1. The van der Waals surface area contributed by atoms with Crippen LogP contribution in [-0.2, 0) is 0 Å². The number of unbranched alkanes of at least 4 members (excludes halogenated alkanes) is 1. The van der Waals surface area contributed by atoms with Crippen molar-refractivity contribution in [1.29, 1.82) is 5.26 Å². The minimum absolute atomic E-state index is 0.676. The van der Waals surface area contributed by atoms with Crippen molar-refractivity contribution in [1.82, 2.24) is 0 Å². The molecule has 0 aromatic rings. The first-order valence-electron chi connectivity index (χ1n) is 4.90. The molecule has 0 fully saturated rings. The summed E-state index contributed by atoms with van der Waals surface area (Å²) in [6.45, 7) is 5.89. The smallest absolute Gasteiger partial charge is 0.316 e. The summed E-state index contributed by atoms with van der Waals surface area (Å²) in [5.41, 5.74) is 1.34. The van der Waals surface area contributed by atoms with Gasteiger partial charge < -0.3 is 4.81 Å². The minimum atomic E-state index is -0.676. The summed E-state index contributed by atoms with van der Waals surface area (Å²) in [4.78, 5) is 1.51. The lowest BCUT2D eigenvalue weighted by atomic mass is 9.58. The number of allylic oxidation sites excluding steroid dienone is 1. The number of rotatable bonds is 3. The van der Waals surface area contributed by atoms with E-state index in [-0.39, 0.29) is 0 Å². The zero-order chi connectivity index (χ0) is 8.97. The number of hydrogen-bond donors (Lipinski definition) is 1. The zero-order valence-electron chi connectivity index (χ0n) is 8.06. The molecular weight excluding hydrogens is 147 g/mol. The highest BCUT2D eigenvalue weighted by molar-refractivity contribution is 6.66.